The average molecular weight is 228 g/mol. The number of anilines is 2. The molecule has 2 atom stereocenters. The van der Waals surface area contributed by atoms with E-state index in [1.54, 1.807) is 18.2 Å². The van der Waals surface area contributed by atoms with Gasteiger partial charge in [0.25, 0.3) is 0 Å². The first-order valence-electron chi connectivity index (χ1n) is 4.86. The molecule has 0 radical (unpaired) electrons. The Kier molecular flexibility index (Phi) is 4.08. The summed E-state index contributed by atoms with van der Waals surface area (Å²) in [6.07, 6.45) is -2.12. The van der Waals surface area contributed by atoms with Crippen molar-refractivity contribution in [2.75, 3.05) is 10.1 Å². The quantitative estimate of drug-likeness (QED) is 0.449. The van der Waals surface area contributed by atoms with Gasteiger partial charge in [-0.25, -0.2) is 10.1 Å². The zero-order valence-corrected chi connectivity index (χ0v) is 9.15. The van der Waals surface area contributed by atoms with Crippen molar-refractivity contribution in [3.63, 3.8) is 0 Å². The van der Waals surface area contributed by atoms with Crippen LogP contribution in [0.5, 0.6) is 0 Å². The fourth-order valence-electron chi connectivity index (χ4n) is 1.21. The lowest BCUT2D eigenvalue weighted by Crippen LogP contribution is -2.31. The molecular weight excluding hydrogens is 212 g/mol. The molecule has 1 aromatic carbocycles. The zero-order chi connectivity index (χ0) is 12.3. The summed E-state index contributed by atoms with van der Waals surface area (Å²) in [7, 11) is 0. The molecule has 2 unspecified atom stereocenters. The first kappa shape index (κ1) is 12.7. The van der Waals surface area contributed by atoms with Crippen LogP contribution in [0.4, 0.5) is 11.4 Å². The number of nitrogens with zero attached hydrogens (tertiary/aromatic N) is 2. The van der Waals surface area contributed by atoms with E-state index in [1.165, 1.54) is 19.9 Å². The van der Waals surface area contributed by atoms with Gasteiger partial charge in [0.05, 0.1) is 11.4 Å². The van der Waals surface area contributed by atoms with Crippen LogP contribution in [0.15, 0.2) is 24.3 Å². The van der Waals surface area contributed by atoms with Crippen LogP contribution in [0.25, 0.3) is 0 Å². The molecule has 0 aliphatic rings. The van der Waals surface area contributed by atoms with E-state index in [9.17, 15) is 10.4 Å². The Morgan fingerprint density at radius 1 is 0.938 bits per heavy atom. The minimum atomic E-state index is -1.06. The summed E-state index contributed by atoms with van der Waals surface area (Å²) in [5.41, 5.74) is 0.624. The summed E-state index contributed by atoms with van der Waals surface area (Å²) < 4.78 is 0. The molecule has 0 bridgehead atoms. The molecule has 0 heterocycles. The first-order chi connectivity index (χ1) is 7.43. The number of benzene rings is 1. The van der Waals surface area contributed by atoms with Gasteiger partial charge < -0.3 is 10.2 Å². The molecular formula is C10H16N2O4. The Hall–Kier alpha value is -1.34. The highest BCUT2D eigenvalue weighted by molar-refractivity contribution is 5.57. The molecule has 16 heavy (non-hydrogen) atoms. The zero-order valence-electron chi connectivity index (χ0n) is 9.15. The number of rotatable bonds is 4. The summed E-state index contributed by atoms with van der Waals surface area (Å²) in [5, 5.41) is 38.6. The summed E-state index contributed by atoms with van der Waals surface area (Å²) >= 11 is 0. The molecule has 0 aliphatic heterocycles. The third-order valence-electron chi connectivity index (χ3n) is 2.07. The lowest BCUT2D eigenvalue weighted by atomic mass is 10.2. The van der Waals surface area contributed by atoms with E-state index in [2.05, 4.69) is 0 Å². The fourth-order valence-corrected chi connectivity index (χ4v) is 1.21. The van der Waals surface area contributed by atoms with Crippen LogP contribution in [0, 0.1) is 0 Å². The van der Waals surface area contributed by atoms with Crippen molar-refractivity contribution in [2.45, 2.75) is 26.3 Å². The molecule has 6 heteroatoms. The van der Waals surface area contributed by atoms with Gasteiger partial charge in [-0.2, -0.15) is 0 Å². The van der Waals surface area contributed by atoms with Gasteiger partial charge in [-0.1, -0.05) is 6.07 Å². The van der Waals surface area contributed by atoms with E-state index >= 15 is 0 Å². The summed E-state index contributed by atoms with van der Waals surface area (Å²) in [6, 6.07) is 6.14. The van der Waals surface area contributed by atoms with E-state index in [-0.39, 0.29) is 0 Å². The number of hydrogen-bond donors (Lipinski definition) is 4. The number of hydroxylamine groups is 2. The molecule has 4 N–H and O–H groups in total. The van der Waals surface area contributed by atoms with Crippen LogP contribution < -0.4 is 10.1 Å². The molecule has 6 nitrogen and oxygen atoms in total. The number of hydrogen-bond acceptors (Lipinski definition) is 6. The van der Waals surface area contributed by atoms with Gasteiger partial charge in [-0.05, 0) is 32.0 Å². The minimum Gasteiger partial charge on any atom is -0.372 e. The second-order valence-electron chi connectivity index (χ2n) is 3.47. The lowest BCUT2D eigenvalue weighted by Gasteiger charge is -2.23. The Labute approximate surface area is 93.5 Å². The number of aliphatic hydroxyl groups is 2. The molecule has 0 saturated heterocycles. The average Bonchev–Trinajstić information content (AvgIpc) is 2.26. The predicted octanol–water partition coefficient (Wildman–Crippen LogP) is 0.754. The van der Waals surface area contributed by atoms with Gasteiger partial charge in [-0.3, -0.25) is 10.4 Å². The maximum atomic E-state index is 9.46. The third kappa shape index (κ3) is 2.83. The van der Waals surface area contributed by atoms with Crippen molar-refractivity contribution in [3.8, 4) is 0 Å². The van der Waals surface area contributed by atoms with Crippen molar-refractivity contribution < 1.29 is 20.6 Å². The summed E-state index contributed by atoms with van der Waals surface area (Å²) in [5.74, 6) is 0. The summed E-state index contributed by atoms with van der Waals surface area (Å²) in [6.45, 7) is 2.80. The maximum absolute atomic E-state index is 9.46. The van der Waals surface area contributed by atoms with Gasteiger partial charge in [0.1, 0.15) is 12.5 Å². The molecule has 0 saturated carbocycles. The Bertz CT molecular complexity index is 314. The van der Waals surface area contributed by atoms with E-state index in [1.807, 2.05) is 0 Å². The molecule has 1 aromatic rings. The predicted molar refractivity (Wildman–Crippen MR) is 58.3 cm³/mol. The van der Waals surface area contributed by atoms with Crippen LogP contribution >= 0.6 is 0 Å². The number of aliphatic hydroxyl groups excluding tert-OH is 2. The van der Waals surface area contributed by atoms with Crippen LogP contribution in [0.1, 0.15) is 13.8 Å². The second-order valence-corrected chi connectivity index (χ2v) is 3.47. The first-order valence-corrected chi connectivity index (χ1v) is 4.86. The summed E-state index contributed by atoms with van der Waals surface area (Å²) in [4.78, 5) is 0. The molecule has 90 valence electrons. The topological polar surface area (TPSA) is 87.4 Å². The van der Waals surface area contributed by atoms with Crippen LogP contribution in [-0.4, -0.2) is 33.1 Å². The van der Waals surface area contributed by atoms with E-state index in [0.29, 0.717) is 21.5 Å². The Morgan fingerprint density at radius 3 is 1.62 bits per heavy atom. The highest BCUT2D eigenvalue weighted by atomic mass is 16.5. The SMILES string of the molecule is CC(O)N(O)c1cccc(N(O)C(C)O)c1. The second kappa shape index (κ2) is 5.13. The van der Waals surface area contributed by atoms with Crippen molar-refractivity contribution in [3.05, 3.63) is 24.3 Å². The molecule has 0 spiro atoms. The van der Waals surface area contributed by atoms with Gasteiger partial charge in [-0.15, -0.1) is 0 Å². The highest BCUT2D eigenvalue weighted by Gasteiger charge is 2.13. The van der Waals surface area contributed by atoms with E-state index < -0.39 is 12.5 Å². The van der Waals surface area contributed by atoms with Crippen molar-refractivity contribution in [1.82, 2.24) is 0 Å². The smallest absolute Gasteiger partial charge is 0.148 e. The standard InChI is InChI=1S/C10H16N2O4/c1-7(13)11(15)9-4-3-5-10(6-9)12(16)8(2)14/h3-8,13-16H,1-2H3. The molecule has 0 aromatic heterocycles. The maximum Gasteiger partial charge on any atom is 0.148 e. The minimum absolute atomic E-state index is 0.312. The molecule has 0 fully saturated rings. The van der Waals surface area contributed by atoms with Crippen molar-refractivity contribution >= 4 is 11.4 Å². The Balaban J connectivity index is 2.95. The van der Waals surface area contributed by atoms with Crippen LogP contribution in [0.2, 0.25) is 0 Å². The van der Waals surface area contributed by atoms with Crippen molar-refractivity contribution in [2.24, 2.45) is 0 Å². The fraction of sp³-hybridized carbons (Fsp3) is 0.400. The van der Waals surface area contributed by atoms with Crippen LogP contribution in [-0.2, 0) is 0 Å². The van der Waals surface area contributed by atoms with Gasteiger partial charge in [0, 0.05) is 0 Å². The largest absolute Gasteiger partial charge is 0.372 e. The van der Waals surface area contributed by atoms with Gasteiger partial charge in [0.15, 0.2) is 0 Å². The lowest BCUT2D eigenvalue weighted by molar-refractivity contribution is 0.0771. The molecule has 0 aliphatic carbocycles. The Morgan fingerprint density at radius 2 is 1.31 bits per heavy atom. The van der Waals surface area contributed by atoms with E-state index in [4.69, 9.17) is 10.2 Å². The van der Waals surface area contributed by atoms with Gasteiger partial charge >= 0.3 is 0 Å². The molecule has 0 amide bonds. The third-order valence-corrected chi connectivity index (χ3v) is 2.07. The normalized spacial score (nSPS) is 14.4. The van der Waals surface area contributed by atoms with E-state index in [0.717, 1.165) is 0 Å². The monoisotopic (exact) mass is 228 g/mol. The van der Waals surface area contributed by atoms with Gasteiger partial charge in [0.2, 0.25) is 0 Å². The van der Waals surface area contributed by atoms with Crippen molar-refractivity contribution in [1.29, 1.82) is 0 Å². The van der Waals surface area contributed by atoms with Crippen LogP contribution in [0.3, 0.4) is 0 Å². The molecule has 1 rings (SSSR count). The highest BCUT2D eigenvalue weighted by Crippen LogP contribution is 2.22.